The third-order valence-corrected chi connectivity index (χ3v) is 4.62. The average Bonchev–Trinajstić information content (AvgIpc) is 2.61. The molecule has 28 heavy (non-hydrogen) atoms. The van der Waals surface area contributed by atoms with Gasteiger partial charge in [-0.15, -0.1) is 0 Å². The first-order valence-electron chi connectivity index (χ1n) is 8.00. The molecule has 148 valence electrons. The fourth-order valence-electron chi connectivity index (χ4n) is 2.05. The summed E-state index contributed by atoms with van der Waals surface area (Å²) in [6.45, 7) is 3.81. The SMILES string of the molecule is CC(C)Oc1ccc(C(=O)NC(=S)NNC(=O)c2ccc(Cl)cc2Cl)cc1Br. The standard InChI is InChI=1S/C18H16BrCl2N3O3S/c1-9(2)27-15-6-3-10(7-13(15)19)16(25)22-18(28)24-23-17(26)12-5-4-11(20)8-14(12)21/h3-9H,1-2H3,(H,23,26)(H2,22,24,25,28). The van der Waals surface area contributed by atoms with Crippen LogP contribution in [0.15, 0.2) is 40.9 Å². The average molecular weight is 505 g/mol. The summed E-state index contributed by atoms with van der Waals surface area (Å²) in [5.41, 5.74) is 5.37. The summed E-state index contributed by atoms with van der Waals surface area (Å²) >= 11 is 20.2. The fraction of sp³-hybridized carbons (Fsp3) is 0.167. The first kappa shape index (κ1) is 22.4. The van der Waals surface area contributed by atoms with Crippen LogP contribution < -0.4 is 20.9 Å². The lowest BCUT2D eigenvalue weighted by Gasteiger charge is -2.13. The van der Waals surface area contributed by atoms with Crippen molar-refractivity contribution in [3.05, 3.63) is 62.0 Å². The number of rotatable bonds is 4. The molecular formula is C18H16BrCl2N3O3S. The molecule has 10 heteroatoms. The number of benzene rings is 2. The van der Waals surface area contributed by atoms with E-state index in [4.69, 9.17) is 40.2 Å². The molecule has 0 radical (unpaired) electrons. The normalized spacial score (nSPS) is 10.4. The lowest BCUT2D eigenvalue weighted by molar-refractivity contribution is 0.0934. The van der Waals surface area contributed by atoms with Crippen molar-refractivity contribution in [2.45, 2.75) is 20.0 Å². The van der Waals surface area contributed by atoms with Crippen LogP contribution in [0.3, 0.4) is 0 Å². The van der Waals surface area contributed by atoms with Gasteiger partial charge < -0.3 is 4.74 Å². The van der Waals surface area contributed by atoms with E-state index in [1.54, 1.807) is 18.2 Å². The van der Waals surface area contributed by atoms with Gasteiger partial charge in [-0.2, -0.15) is 0 Å². The van der Waals surface area contributed by atoms with Crippen molar-refractivity contribution < 1.29 is 14.3 Å². The Balaban J connectivity index is 1.93. The predicted molar refractivity (Wildman–Crippen MR) is 117 cm³/mol. The van der Waals surface area contributed by atoms with Crippen LogP contribution in [0.1, 0.15) is 34.6 Å². The van der Waals surface area contributed by atoms with E-state index in [1.165, 1.54) is 18.2 Å². The first-order chi connectivity index (χ1) is 13.2. The third-order valence-electron chi connectivity index (χ3n) is 3.25. The number of amides is 2. The minimum Gasteiger partial charge on any atom is -0.490 e. The van der Waals surface area contributed by atoms with E-state index in [9.17, 15) is 9.59 Å². The molecule has 0 aromatic heterocycles. The molecule has 0 heterocycles. The Labute approximate surface area is 186 Å². The van der Waals surface area contributed by atoms with E-state index in [2.05, 4.69) is 32.1 Å². The Morgan fingerprint density at radius 3 is 2.39 bits per heavy atom. The second kappa shape index (κ2) is 10.1. The van der Waals surface area contributed by atoms with Crippen molar-refractivity contribution in [3.8, 4) is 5.75 Å². The van der Waals surface area contributed by atoms with Crippen LogP contribution in [0.5, 0.6) is 5.75 Å². The highest BCUT2D eigenvalue weighted by molar-refractivity contribution is 9.10. The number of nitrogens with one attached hydrogen (secondary N) is 3. The van der Waals surface area contributed by atoms with Crippen molar-refractivity contribution in [1.29, 1.82) is 0 Å². The van der Waals surface area contributed by atoms with E-state index in [-0.39, 0.29) is 21.8 Å². The molecule has 0 aliphatic heterocycles. The number of hydrogen-bond acceptors (Lipinski definition) is 4. The first-order valence-corrected chi connectivity index (χ1v) is 9.96. The maximum absolute atomic E-state index is 12.3. The van der Waals surface area contributed by atoms with E-state index < -0.39 is 11.8 Å². The molecule has 0 saturated heterocycles. The molecule has 2 aromatic rings. The summed E-state index contributed by atoms with van der Waals surface area (Å²) in [5.74, 6) is -0.358. The number of hydrogen-bond donors (Lipinski definition) is 3. The van der Waals surface area contributed by atoms with E-state index in [0.717, 1.165) is 0 Å². The molecular weight excluding hydrogens is 489 g/mol. The van der Waals surface area contributed by atoms with Crippen LogP contribution in [0, 0.1) is 0 Å². The molecule has 0 bridgehead atoms. The summed E-state index contributed by atoms with van der Waals surface area (Å²) in [4.78, 5) is 24.4. The molecule has 0 aliphatic carbocycles. The maximum Gasteiger partial charge on any atom is 0.271 e. The number of halogens is 3. The zero-order chi connectivity index (χ0) is 20.8. The molecule has 2 rings (SSSR count). The zero-order valence-electron chi connectivity index (χ0n) is 14.8. The fourth-order valence-corrected chi connectivity index (χ4v) is 3.16. The van der Waals surface area contributed by atoms with Gasteiger partial charge in [-0.1, -0.05) is 23.2 Å². The molecule has 0 atom stereocenters. The topological polar surface area (TPSA) is 79.5 Å². The van der Waals surface area contributed by atoms with Crippen LogP contribution in [0.4, 0.5) is 0 Å². The monoisotopic (exact) mass is 503 g/mol. The molecule has 0 fully saturated rings. The summed E-state index contributed by atoms with van der Waals surface area (Å²) in [7, 11) is 0. The van der Waals surface area contributed by atoms with Crippen LogP contribution in [0.25, 0.3) is 0 Å². The lowest BCUT2D eigenvalue weighted by Crippen LogP contribution is -2.48. The highest BCUT2D eigenvalue weighted by atomic mass is 79.9. The smallest absolute Gasteiger partial charge is 0.271 e. The van der Waals surface area contributed by atoms with Crippen molar-refractivity contribution >= 4 is 68.3 Å². The number of ether oxygens (including phenoxy) is 1. The molecule has 2 aromatic carbocycles. The summed E-state index contributed by atoms with van der Waals surface area (Å²) in [6.07, 6.45) is 0.00510. The maximum atomic E-state index is 12.3. The summed E-state index contributed by atoms with van der Waals surface area (Å²) in [6, 6.07) is 9.35. The predicted octanol–water partition coefficient (Wildman–Crippen LogP) is 4.49. The Morgan fingerprint density at radius 1 is 1.07 bits per heavy atom. The van der Waals surface area contributed by atoms with Gasteiger partial charge in [0.15, 0.2) is 5.11 Å². The van der Waals surface area contributed by atoms with Gasteiger partial charge in [0, 0.05) is 10.6 Å². The third kappa shape index (κ3) is 6.34. The molecule has 0 spiro atoms. The van der Waals surface area contributed by atoms with Crippen LogP contribution >= 0.6 is 51.3 Å². The van der Waals surface area contributed by atoms with Gasteiger partial charge in [0.1, 0.15) is 5.75 Å². The van der Waals surface area contributed by atoms with Crippen LogP contribution in [-0.2, 0) is 0 Å². The number of thiocarbonyl (C=S) groups is 1. The van der Waals surface area contributed by atoms with E-state index in [1.807, 2.05) is 13.8 Å². The number of hydrazine groups is 1. The molecule has 2 amide bonds. The largest absolute Gasteiger partial charge is 0.490 e. The molecule has 0 unspecified atom stereocenters. The van der Waals surface area contributed by atoms with Gasteiger partial charge in [0.05, 0.1) is 21.2 Å². The molecule has 3 N–H and O–H groups in total. The lowest BCUT2D eigenvalue weighted by atomic mass is 10.2. The van der Waals surface area contributed by atoms with Crippen molar-refractivity contribution in [3.63, 3.8) is 0 Å². The zero-order valence-corrected chi connectivity index (χ0v) is 18.7. The Morgan fingerprint density at radius 2 is 1.79 bits per heavy atom. The van der Waals surface area contributed by atoms with E-state index >= 15 is 0 Å². The van der Waals surface area contributed by atoms with Gasteiger partial charge in [-0.25, -0.2) is 0 Å². The number of carbonyl (C=O) groups is 2. The highest BCUT2D eigenvalue weighted by Crippen LogP contribution is 2.27. The summed E-state index contributed by atoms with van der Waals surface area (Å²) < 4.78 is 6.24. The summed E-state index contributed by atoms with van der Waals surface area (Å²) in [5, 5.41) is 2.98. The minimum absolute atomic E-state index is 0.00510. The Hall–Kier alpha value is -1.87. The van der Waals surface area contributed by atoms with Gasteiger partial charge >= 0.3 is 0 Å². The van der Waals surface area contributed by atoms with Crippen LogP contribution in [-0.4, -0.2) is 23.0 Å². The van der Waals surface area contributed by atoms with Gasteiger partial charge in [0.25, 0.3) is 11.8 Å². The second-order valence-corrected chi connectivity index (χ2v) is 7.90. The van der Waals surface area contributed by atoms with Gasteiger partial charge in [-0.05, 0) is 78.4 Å². The minimum atomic E-state index is -0.531. The Bertz CT molecular complexity index is 925. The van der Waals surface area contributed by atoms with Gasteiger partial charge in [-0.3, -0.25) is 25.8 Å². The molecule has 0 aliphatic rings. The Kier molecular flexibility index (Phi) is 8.06. The van der Waals surface area contributed by atoms with Crippen molar-refractivity contribution in [2.24, 2.45) is 0 Å². The van der Waals surface area contributed by atoms with Gasteiger partial charge in [0.2, 0.25) is 0 Å². The molecule has 6 nitrogen and oxygen atoms in total. The van der Waals surface area contributed by atoms with Crippen molar-refractivity contribution in [1.82, 2.24) is 16.2 Å². The highest BCUT2D eigenvalue weighted by Gasteiger charge is 2.14. The second-order valence-electron chi connectivity index (χ2n) is 5.80. The van der Waals surface area contributed by atoms with E-state index in [0.29, 0.717) is 20.8 Å². The quantitative estimate of drug-likeness (QED) is 0.422. The van der Waals surface area contributed by atoms with Crippen molar-refractivity contribution in [2.75, 3.05) is 0 Å². The number of carbonyl (C=O) groups excluding carboxylic acids is 2. The molecule has 0 saturated carbocycles. The van der Waals surface area contributed by atoms with Crippen LogP contribution in [0.2, 0.25) is 10.0 Å².